The number of carbonyl (C=O) groups excluding carboxylic acids is 1. The van der Waals surface area contributed by atoms with Crippen LogP contribution >= 0.6 is 11.3 Å². The highest BCUT2D eigenvalue weighted by molar-refractivity contribution is 7.11. The molecule has 0 aliphatic carbocycles. The highest BCUT2D eigenvalue weighted by atomic mass is 32.1. The second kappa shape index (κ2) is 9.43. The van der Waals surface area contributed by atoms with Crippen LogP contribution in [0.2, 0.25) is 0 Å². The fraction of sp³-hybridized carbons (Fsp3) is 0.391. The van der Waals surface area contributed by atoms with Gasteiger partial charge in [-0.3, -0.25) is 4.79 Å². The van der Waals surface area contributed by atoms with Crippen LogP contribution < -0.4 is 15.0 Å². The van der Waals surface area contributed by atoms with Crippen molar-refractivity contribution in [2.24, 2.45) is 5.92 Å². The number of piperidine rings is 1. The number of anilines is 1. The number of rotatable bonds is 6. The molecule has 3 aromatic rings. The Morgan fingerprint density at radius 3 is 2.77 bits per heavy atom. The third-order valence-electron chi connectivity index (χ3n) is 5.57. The number of benzene rings is 1. The third kappa shape index (κ3) is 4.85. The van der Waals surface area contributed by atoms with Gasteiger partial charge >= 0.3 is 0 Å². The minimum absolute atomic E-state index is 0.0567. The minimum Gasteiger partial charge on any atom is -0.496 e. The van der Waals surface area contributed by atoms with E-state index < -0.39 is 0 Å². The zero-order valence-electron chi connectivity index (χ0n) is 18.1. The van der Waals surface area contributed by atoms with Crippen LogP contribution in [0.15, 0.2) is 36.4 Å². The van der Waals surface area contributed by atoms with Crippen molar-refractivity contribution in [2.75, 3.05) is 25.1 Å². The van der Waals surface area contributed by atoms with E-state index in [1.165, 1.54) is 0 Å². The SMILES string of the molecule is COc1ccccc1-c1ccc(N2CCC[C@H](C(=O)NCc3sc(C)nc3C)C2)nn1. The van der Waals surface area contributed by atoms with E-state index in [9.17, 15) is 4.79 Å². The van der Waals surface area contributed by atoms with Crippen molar-refractivity contribution in [3.05, 3.63) is 52.0 Å². The number of para-hydroxylation sites is 1. The number of carbonyl (C=O) groups is 1. The summed E-state index contributed by atoms with van der Waals surface area (Å²) in [7, 11) is 1.65. The van der Waals surface area contributed by atoms with Crippen molar-refractivity contribution in [1.29, 1.82) is 0 Å². The van der Waals surface area contributed by atoms with Gasteiger partial charge in [0.2, 0.25) is 5.91 Å². The van der Waals surface area contributed by atoms with Crippen LogP contribution in [-0.4, -0.2) is 41.3 Å². The van der Waals surface area contributed by atoms with Gasteiger partial charge < -0.3 is 15.0 Å². The number of nitrogens with zero attached hydrogens (tertiary/aromatic N) is 4. The molecule has 4 rings (SSSR count). The van der Waals surface area contributed by atoms with Gasteiger partial charge in [-0.05, 0) is 51.0 Å². The van der Waals surface area contributed by atoms with Gasteiger partial charge in [0.15, 0.2) is 5.82 Å². The minimum atomic E-state index is -0.0567. The van der Waals surface area contributed by atoms with E-state index in [-0.39, 0.29) is 11.8 Å². The number of amides is 1. The molecule has 0 spiro atoms. The number of ether oxygens (including phenoxy) is 1. The Kier molecular flexibility index (Phi) is 6.46. The Hall–Kier alpha value is -3.00. The molecular weight excluding hydrogens is 410 g/mol. The molecule has 0 saturated carbocycles. The summed E-state index contributed by atoms with van der Waals surface area (Å²) < 4.78 is 5.42. The molecule has 1 N–H and O–H groups in total. The molecule has 1 aliphatic rings. The summed E-state index contributed by atoms with van der Waals surface area (Å²) in [5.74, 6) is 1.60. The van der Waals surface area contributed by atoms with E-state index in [0.717, 1.165) is 57.8 Å². The number of methoxy groups -OCH3 is 1. The van der Waals surface area contributed by atoms with E-state index in [1.807, 2.05) is 50.2 Å². The summed E-state index contributed by atoms with van der Waals surface area (Å²) in [6.45, 7) is 6.04. The molecule has 162 valence electrons. The molecule has 1 amide bonds. The van der Waals surface area contributed by atoms with Crippen LogP contribution in [0.25, 0.3) is 11.3 Å². The summed E-state index contributed by atoms with van der Waals surface area (Å²) in [5.41, 5.74) is 2.68. The Morgan fingerprint density at radius 2 is 2.06 bits per heavy atom. The summed E-state index contributed by atoms with van der Waals surface area (Å²) in [6.07, 6.45) is 1.84. The third-order valence-corrected chi connectivity index (χ3v) is 6.65. The van der Waals surface area contributed by atoms with Gasteiger partial charge in [0.05, 0.1) is 36.0 Å². The second-order valence-corrected chi connectivity index (χ2v) is 9.01. The molecule has 3 heterocycles. The van der Waals surface area contributed by atoms with Crippen LogP contribution in [0.1, 0.15) is 28.4 Å². The lowest BCUT2D eigenvalue weighted by molar-refractivity contribution is -0.125. The van der Waals surface area contributed by atoms with E-state index in [2.05, 4.69) is 25.4 Å². The van der Waals surface area contributed by atoms with Crippen molar-refractivity contribution in [3.63, 3.8) is 0 Å². The molecule has 1 aromatic carbocycles. The molecule has 2 aromatic heterocycles. The maximum Gasteiger partial charge on any atom is 0.225 e. The topological polar surface area (TPSA) is 80.2 Å². The van der Waals surface area contributed by atoms with E-state index >= 15 is 0 Å². The first kappa shape index (κ1) is 21.2. The first-order valence-corrected chi connectivity index (χ1v) is 11.3. The molecule has 1 aliphatic heterocycles. The first-order chi connectivity index (χ1) is 15.0. The predicted molar refractivity (Wildman–Crippen MR) is 122 cm³/mol. The van der Waals surface area contributed by atoms with Crippen LogP contribution in [-0.2, 0) is 11.3 Å². The Morgan fingerprint density at radius 1 is 1.23 bits per heavy atom. The van der Waals surface area contributed by atoms with Crippen LogP contribution in [0.5, 0.6) is 5.75 Å². The molecule has 7 nitrogen and oxygen atoms in total. The van der Waals surface area contributed by atoms with Gasteiger partial charge in [-0.15, -0.1) is 21.5 Å². The van der Waals surface area contributed by atoms with Gasteiger partial charge in [-0.1, -0.05) is 12.1 Å². The highest BCUT2D eigenvalue weighted by Crippen LogP contribution is 2.29. The van der Waals surface area contributed by atoms with Crippen LogP contribution in [0.4, 0.5) is 5.82 Å². The molecule has 0 unspecified atom stereocenters. The largest absolute Gasteiger partial charge is 0.496 e. The highest BCUT2D eigenvalue weighted by Gasteiger charge is 2.27. The fourth-order valence-corrected chi connectivity index (χ4v) is 4.82. The van der Waals surface area contributed by atoms with Gasteiger partial charge in [0.25, 0.3) is 0 Å². The maximum absolute atomic E-state index is 12.8. The zero-order valence-corrected chi connectivity index (χ0v) is 18.9. The van der Waals surface area contributed by atoms with Gasteiger partial charge in [0.1, 0.15) is 5.75 Å². The molecule has 1 fully saturated rings. The summed E-state index contributed by atoms with van der Waals surface area (Å²) in [6, 6.07) is 11.7. The van der Waals surface area contributed by atoms with Gasteiger partial charge in [0, 0.05) is 23.5 Å². The normalized spacial score (nSPS) is 16.2. The summed E-state index contributed by atoms with van der Waals surface area (Å²) >= 11 is 1.64. The number of aromatic nitrogens is 3. The summed E-state index contributed by atoms with van der Waals surface area (Å²) in [4.78, 5) is 20.5. The molecule has 31 heavy (non-hydrogen) atoms. The van der Waals surface area contributed by atoms with Gasteiger partial charge in [-0.25, -0.2) is 4.98 Å². The van der Waals surface area contributed by atoms with Crippen molar-refractivity contribution in [2.45, 2.75) is 33.2 Å². The standard InChI is InChI=1S/C23H27N5O2S/c1-15-21(31-16(2)25-15)13-24-23(29)17-7-6-12-28(14-17)22-11-10-19(26-27-22)18-8-4-5-9-20(18)30-3/h4-5,8-11,17H,6-7,12-14H2,1-3H3,(H,24,29)/t17-/m0/s1. The van der Waals surface area contributed by atoms with Crippen molar-refractivity contribution in [1.82, 2.24) is 20.5 Å². The van der Waals surface area contributed by atoms with Gasteiger partial charge in [-0.2, -0.15) is 0 Å². The van der Waals surface area contributed by atoms with Crippen molar-refractivity contribution >= 4 is 23.1 Å². The molecule has 1 atom stereocenters. The molecule has 1 saturated heterocycles. The maximum atomic E-state index is 12.8. The molecule has 0 radical (unpaired) electrons. The number of thiazole rings is 1. The van der Waals surface area contributed by atoms with Crippen LogP contribution in [0, 0.1) is 19.8 Å². The van der Waals surface area contributed by atoms with Crippen molar-refractivity contribution in [3.8, 4) is 17.0 Å². The number of hydrogen-bond donors (Lipinski definition) is 1. The van der Waals surface area contributed by atoms with E-state index in [4.69, 9.17) is 4.74 Å². The van der Waals surface area contributed by atoms with E-state index in [0.29, 0.717) is 13.1 Å². The fourth-order valence-electron chi connectivity index (χ4n) is 3.94. The Balaban J connectivity index is 1.40. The predicted octanol–water partition coefficient (Wildman–Crippen LogP) is 3.76. The zero-order chi connectivity index (χ0) is 21.8. The average Bonchev–Trinajstić information content (AvgIpc) is 3.14. The lowest BCUT2D eigenvalue weighted by Gasteiger charge is -2.32. The summed E-state index contributed by atoms with van der Waals surface area (Å²) in [5, 5.41) is 13.0. The van der Waals surface area contributed by atoms with Crippen molar-refractivity contribution < 1.29 is 9.53 Å². The smallest absolute Gasteiger partial charge is 0.225 e. The molecule has 8 heteroatoms. The number of nitrogens with one attached hydrogen (secondary N) is 1. The number of aryl methyl sites for hydroxylation is 2. The quantitative estimate of drug-likeness (QED) is 0.633. The van der Waals surface area contributed by atoms with E-state index in [1.54, 1.807) is 18.4 Å². The monoisotopic (exact) mass is 437 g/mol. The number of hydrogen-bond acceptors (Lipinski definition) is 7. The molecular formula is C23H27N5O2S. The average molecular weight is 438 g/mol. The Bertz CT molecular complexity index is 1050. The lowest BCUT2D eigenvalue weighted by Crippen LogP contribution is -2.43. The Labute approximate surface area is 186 Å². The first-order valence-electron chi connectivity index (χ1n) is 10.5. The lowest BCUT2D eigenvalue weighted by atomic mass is 9.97. The molecule has 0 bridgehead atoms. The van der Waals surface area contributed by atoms with Crippen LogP contribution in [0.3, 0.4) is 0 Å². The second-order valence-electron chi connectivity index (χ2n) is 7.72.